The normalized spacial score (nSPS) is 12.6. The molecule has 20 heavy (non-hydrogen) atoms. The molecule has 0 spiro atoms. The number of aryl methyl sites for hydroxylation is 1. The molecule has 0 aliphatic heterocycles. The third-order valence-corrected chi connectivity index (χ3v) is 3.73. The molecule has 1 aromatic carbocycles. The maximum Gasteiger partial charge on any atom is 0.110 e. The molecule has 3 nitrogen and oxygen atoms in total. The lowest BCUT2D eigenvalue weighted by molar-refractivity contribution is 0.516. The van der Waals surface area contributed by atoms with Crippen LogP contribution in [0.5, 0.6) is 0 Å². The molecule has 4 heteroatoms. The average Bonchev–Trinajstić information content (AvgIpc) is 2.87. The van der Waals surface area contributed by atoms with Gasteiger partial charge < -0.3 is 9.88 Å². The summed E-state index contributed by atoms with van der Waals surface area (Å²) in [6.07, 6.45) is 5.89. The minimum Gasteiger partial charge on any atom is -0.335 e. The third-order valence-electron chi connectivity index (χ3n) is 3.38. The highest BCUT2D eigenvalue weighted by molar-refractivity contribution is 6.31. The van der Waals surface area contributed by atoms with Crippen LogP contribution in [0.15, 0.2) is 36.7 Å². The Morgan fingerprint density at radius 1 is 1.30 bits per heavy atom. The summed E-state index contributed by atoms with van der Waals surface area (Å²) < 4.78 is 2.22. The predicted octanol–water partition coefficient (Wildman–Crippen LogP) is 3.84. The second-order valence-corrected chi connectivity index (χ2v) is 5.28. The minimum absolute atomic E-state index is 0.201. The van der Waals surface area contributed by atoms with E-state index in [-0.39, 0.29) is 6.04 Å². The number of halogens is 1. The van der Waals surface area contributed by atoms with Gasteiger partial charge in [0.05, 0.1) is 0 Å². The molecule has 1 N–H and O–H groups in total. The van der Waals surface area contributed by atoms with Crippen LogP contribution in [0.4, 0.5) is 0 Å². The van der Waals surface area contributed by atoms with Gasteiger partial charge in [0.2, 0.25) is 0 Å². The van der Waals surface area contributed by atoms with Crippen molar-refractivity contribution < 1.29 is 0 Å². The van der Waals surface area contributed by atoms with Crippen molar-refractivity contribution in [3.63, 3.8) is 0 Å². The number of aromatic nitrogens is 2. The van der Waals surface area contributed by atoms with Crippen LogP contribution in [0.25, 0.3) is 0 Å². The summed E-state index contributed by atoms with van der Waals surface area (Å²) in [6.45, 7) is 6.21. The molecule has 0 saturated heterocycles. The molecule has 1 atom stereocenters. The Labute approximate surface area is 126 Å². The molecule has 108 valence electrons. The Bertz CT molecular complexity index is 536. The first-order valence-corrected chi connectivity index (χ1v) is 7.61. The van der Waals surface area contributed by atoms with Gasteiger partial charge in [0.1, 0.15) is 5.82 Å². The number of rotatable bonds is 7. The zero-order valence-corrected chi connectivity index (χ0v) is 12.9. The van der Waals surface area contributed by atoms with Crippen molar-refractivity contribution in [1.82, 2.24) is 14.9 Å². The van der Waals surface area contributed by atoms with E-state index in [0.717, 1.165) is 42.3 Å². The Morgan fingerprint density at radius 3 is 2.80 bits per heavy atom. The fourth-order valence-corrected chi connectivity index (χ4v) is 2.72. The SMILES string of the molecule is CCCn1ccnc1CC(NCC)c1ccccc1Cl. The summed E-state index contributed by atoms with van der Waals surface area (Å²) in [6, 6.07) is 8.23. The third kappa shape index (κ3) is 3.62. The van der Waals surface area contributed by atoms with E-state index >= 15 is 0 Å². The van der Waals surface area contributed by atoms with Crippen LogP contribution >= 0.6 is 11.6 Å². The molecule has 0 amide bonds. The molecule has 2 rings (SSSR count). The number of benzene rings is 1. The Morgan fingerprint density at radius 2 is 2.10 bits per heavy atom. The molecule has 1 heterocycles. The maximum absolute atomic E-state index is 6.33. The first kappa shape index (κ1) is 15.1. The van der Waals surface area contributed by atoms with E-state index in [9.17, 15) is 0 Å². The van der Waals surface area contributed by atoms with Crippen molar-refractivity contribution in [2.24, 2.45) is 0 Å². The molecule has 0 saturated carbocycles. The zero-order valence-electron chi connectivity index (χ0n) is 12.1. The van der Waals surface area contributed by atoms with Crippen molar-refractivity contribution in [2.75, 3.05) is 6.54 Å². The highest BCUT2D eigenvalue weighted by Crippen LogP contribution is 2.25. The number of hydrogen-bond acceptors (Lipinski definition) is 2. The van der Waals surface area contributed by atoms with Gasteiger partial charge in [-0.05, 0) is 24.6 Å². The summed E-state index contributed by atoms with van der Waals surface area (Å²) in [5.41, 5.74) is 1.14. The van der Waals surface area contributed by atoms with Gasteiger partial charge in [-0.2, -0.15) is 0 Å². The standard InChI is InChI=1S/C16H22ClN3/c1-3-10-20-11-9-19-16(20)12-15(18-4-2)13-7-5-6-8-14(13)17/h5-9,11,15,18H,3-4,10,12H2,1-2H3. The molecule has 1 aromatic heterocycles. The molecule has 0 aliphatic rings. The molecule has 2 aromatic rings. The maximum atomic E-state index is 6.33. The van der Waals surface area contributed by atoms with Crippen LogP contribution in [0, 0.1) is 0 Å². The Kier molecular flexibility index (Phi) is 5.62. The van der Waals surface area contributed by atoms with E-state index < -0.39 is 0 Å². The first-order chi connectivity index (χ1) is 9.76. The van der Waals surface area contributed by atoms with Crippen LogP contribution in [0.1, 0.15) is 37.7 Å². The molecule has 0 fully saturated rings. The largest absolute Gasteiger partial charge is 0.335 e. The van der Waals surface area contributed by atoms with E-state index in [2.05, 4.69) is 41.0 Å². The quantitative estimate of drug-likeness (QED) is 0.840. The van der Waals surface area contributed by atoms with Gasteiger partial charge in [0.15, 0.2) is 0 Å². The second kappa shape index (κ2) is 7.46. The van der Waals surface area contributed by atoms with E-state index in [4.69, 9.17) is 11.6 Å². The van der Waals surface area contributed by atoms with E-state index in [1.807, 2.05) is 24.4 Å². The van der Waals surface area contributed by atoms with E-state index in [1.165, 1.54) is 0 Å². The monoisotopic (exact) mass is 291 g/mol. The van der Waals surface area contributed by atoms with Crippen LogP contribution < -0.4 is 5.32 Å². The van der Waals surface area contributed by atoms with Gasteiger partial charge >= 0.3 is 0 Å². The fraction of sp³-hybridized carbons (Fsp3) is 0.438. The molecule has 0 bridgehead atoms. The first-order valence-electron chi connectivity index (χ1n) is 7.24. The zero-order chi connectivity index (χ0) is 14.4. The molecular weight excluding hydrogens is 270 g/mol. The topological polar surface area (TPSA) is 29.9 Å². The summed E-state index contributed by atoms with van der Waals surface area (Å²) >= 11 is 6.33. The van der Waals surface area contributed by atoms with Crippen LogP contribution in [-0.2, 0) is 13.0 Å². The van der Waals surface area contributed by atoms with E-state index in [1.54, 1.807) is 0 Å². The number of imidazole rings is 1. The number of nitrogens with zero attached hydrogens (tertiary/aromatic N) is 2. The lowest BCUT2D eigenvalue weighted by atomic mass is 10.0. The van der Waals surface area contributed by atoms with Gasteiger partial charge in [-0.15, -0.1) is 0 Å². The van der Waals surface area contributed by atoms with Crippen LogP contribution in [0.2, 0.25) is 5.02 Å². The van der Waals surface area contributed by atoms with Gasteiger partial charge in [-0.25, -0.2) is 4.98 Å². The summed E-state index contributed by atoms with van der Waals surface area (Å²) in [5, 5.41) is 4.32. The van der Waals surface area contributed by atoms with E-state index in [0.29, 0.717) is 0 Å². The summed E-state index contributed by atoms with van der Waals surface area (Å²) in [4.78, 5) is 4.49. The Balaban J connectivity index is 2.21. The van der Waals surface area contributed by atoms with Crippen molar-refractivity contribution in [3.05, 3.63) is 53.1 Å². The molecule has 0 aliphatic carbocycles. The highest BCUT2D eigenvalue weighted by Gasteiger charge is 2.16. The molecule has 0 radical (unpaired) electrons. The van der Waals surface area contributed by atoms with Crippen LogP contribution in [0.3, 0.4) is 0 Å². The lowest BCUT2D eigenvalue weighted by Gasteiger charge is -2.20. The highest BCUT2D eigenvalue weighted by atomic mass is 35.5. The predicted molar refractivity (Wildman–Crippen MR) is 84.1 cm³/mol. The number of likely N-dealkylation sites (N-methyl/N-ethyl adjacent to an activating group) is 1. The molecular formula is C16H22ClN3. The second-order valence-electron chi connectivity index (χ2n) is 4.87. The van der Waals surface area contributed by atoms with Gasteiger partial charge in [0.25, 0.3) is 0 Å². The Hall–Kier alpha value is -1.32. The lowest BCUT2D eigenvalue weighted by Crippen LogP contribution is -2.24. The number of nitrogens with one attached hydrogen (secondary N) is 1. The van der Waals surface area contributed by atoms with Crippen molar-refractivity contribution in [3.8, 4) is 0 Å². The molecule has 1 unspecified atom stereocenters. The average molecular weight is 292 g/mol. The fourth-order valence-electron chi connectivity index (χ4n) is 2.45. The number of hydrogen-bond donors (Lipinski definition) is 1. The van der Waals surface area contributed by atoms with Crippen molar-refractivity contribution in [1.29, 1.82) is 0 Å². The van der Waals surface area contributed by atoms with Crippen LogP contribution in [-0.4, -0.2) is 16.1 Å². The minimum atomic E-state index is 0.201. The van der Waals surface area contributed by atoms with Gasteiger partial charge in [-0.1, -0.05) is 43.6 Å². The summed E-state index contributed by atoms with van der Waals surface area (Å²) in [5.74, 6) is 1.11. The van der Waals surface area contributed by atoms with Crippen molar-refractivity contribution in [2.45, 2.75) is 39.3 Å². The van der Waals surface area contributed by atoms with Gasteiger partial charge in [0, 0.05) is 36.4 Å². The summed E-state index contributed by atoms with van der Waals surface area (Å²) in [7, 11) is 0. The smallest absolute Gasteiger partial charge is 0.110 e. The van der Waals surface area contributed by atoms with Crippen molar-refractivity contribution >= 4 is 11.6 Å². The van der Waals surface area contributed by atoms with Gasteiger partial charge in [-0.3, -0.25) is 0 Å².